The lowest BCUT2D eigenvalue weighted by atomic mass is 10.0. The SMILES string of the molecule is CC(C)C[C@H](NC(=O)[C@H](C)N)C(=O)N[C@@H](CO)C(=O)NCC(=O)NCC(=O)NCC(=O)NCC(=O)NCC(=O)N[C@@H](CCCCN)C(N)=O. The molecule has 0 aromatic carbocycles. The minimum Gasteiger partial charge on any atom is -0.394 e. The third kappa shape index (κ3) is 20.9. The van der Waals surface area contributed by atoms with E-state index in [4.69, 9.17) is 17.2 Å². The number of nitrogens with two attached hydrogens (primary N) is 3. The second-order valence-corrected chi connectivity index (χ2v) is 11.4. The van der Waals surface area contributed by atoms with Crippen molar-refractivity contribution in [3.63, 3.8) is 0 Å². The van der Waals surface area contributed by atoms with Crippen LogP contribution in [0.3, 0.4) is 0 Å². The van der Waals surface area contributed by atoms with Crippen molar-refractivity contribution in [2.75, 3.05) is 45.9 Å². The molecule has 0 aliphatic rings. The molecule has 0 aliphatic heterocycles. The number of aliphatic hydroxyl groups is 1. The second kappa shape index (κ2) is 24.3. The monoisotopic (exact) mass is 701 g/mol. The smallest absolute Gasteiger partial charge is 0.245 e. The van der Waals surface area contributed by atoms with Gasteiger partial charge in [-0.1, -0.05) is 13.8 Å². The maximum Gasteiger partial charge on any atom is 0.245 e. The second-order valence-electron chi connectivity index (χ2n) is 11.4. The Morgan fingerprint density at radius 2 is 1.02 bits per heavy atom. The van der Waals surface area contributed by atoms with E-state index in [1.165, 1.54) is 6.92 Å². The molecule has 0 saturated carbocycles. The van der Waals surface area contributed by atoms with Gasteiger partial charge in [0.05, 0.1) is 45.4 Å². The van der Waals surface area contributed by atoms with E-state index in [1.54, 1.807) is 0 Å². The van der Waals surface area contributed by atoms with E-state index in [0.717, 1.165) is 0 Å². The van der Waals surface area contributed by atoms with Crippen molar-refractivity contribution >= 4 is 53.2 Å². The Bertz CT molecular complexity index is 1170. The molecule has 0 aliphatic carbocycles. The number of primary amides is 1. The van der Waals surface area contributed by atoms with Gasteiger partial charge in [-0.2, -0.15) is 0 Å². The number of aliphatic hydroxyl groups excluding tert-OH is 1. The van der Waals surface area contributed by atoms with Gasteiger partial charge in [0, 0.05) is 0 Å². The number of carbonyl (C=O) groups is 9. The molecule has 0 spiro atoms. The number of hydrogen-bond acceptors (Lipinski definition) is 12. The molecule has 0 unspecified atom stereocenters. The Morgan fingerprint density at radius 3 is 1.43 bits per heavy atom. The number of amides is 9. The summed E-state index contributed by atoms with van der Waals surface area (Å²) in [5, 5.41) is 27.9. The molecule has 9 amide bonds. The molecule has 0 radical (unpaired) electrons. The first kappa shape index (κ1) is 44.1. The normalized spacial score (nSPS) is 13.0. The van der Waals surface area contributed by atoms with Gasteiger partial charge in [-0.05, 0) is 45.1 Å². The summed E-state index contributed by atoms with van der Waals surface area (Å²) in [6.07, 6.45) is 1.72. The minimum absolute atomic E-state index is 0.0124. The summed E-state index contributed by atoms with van der Waals surface area (Å²) in [6.45, 7) is 1.91. The molecular weight excluding hydrogens is 650 g/mol. The first-order valence-corrected chi connectivity index (χ1v) is 15.6. The number of nitrogens with one attached hydrogen (secondary N) is 8. The van der Waals surface area contributed by atoms with E-state index in [2.05, 4.69) is 42.5 Å². The average molecular weight is 702 g/mol. The van der Waals surface area contributed by atoms with E-state index in [-0.39, 0.29) is 12.3 Å². The van der Waals surface area contributed by atoms with Gasteiger partial charge in [0.25, 0.3) is 0 Å². The first-order valence-electron chi connectivity index (χ1n) is 15.6. The summed E-state index contributed by atoms with van der Waals surface area (Å²) in [5.41, 5.74) is 16.2. The van der Waals surface area contributed by atoms with Crippen molar-refractivity contribution in [2.45, 2.75) is 70.6 Å². The van der Waals surface area contributed by atoms with Crippen LogP contribution in [0.15, 0.2) is 0 Å². The van der Waals surface area contributed by atoms with E-state index >= 15 is 0 Å². The molecule has 0 rings (SSSR count). The van der Waals surface area contributed by atoms with Crippen LogP contribution < -0.4 is 59.7 Å². The van der Waals surface area contributed by atoms with Crippen LogP contribution >= 0.6 is 0 Å². The molecule has 21 nitrogen and oxygen atoms in total. The van der Waals surface area contributed by atoms with Gasteiger partial charge in [0.2, 0.25) is 53.2 Å². The van der Waals surface area contributed by atoms with Gasteiger partial charge in [-0.25, -0.2) is 0 Å². The lowest BCUT2D eigenvalue weighted by Crippen LogP contribution is -2.57. The van der Waals surface area contributed by atoms with Crippen molar-refractivity contribution in [1.29, 1.82) is 0 Å². The van der Waals surface area contributed by atoms with Crippen molar-refractivity contribution in [2.24, 2.45) is 23.1 Å². The molecule has 49 heavy (non-hydrogen) atoms. The predicted octanol–water partition coefficient (Wildman–Crippen LogP) is -6.98. The van der Waals surface area contributed by atoms with E-state index < -0.39 is 117 Å². The molecule has 278 valence electrons. The van der Waals surface area contributed by atoms with Gasteiger partial charge >= 0.3 is 0 Å². The Morgan fingerprint density at radius 1 is 0.571 bits per heavy atom. The van der Waals surface area contributed by atoms with E-state index in [9.17, 15) is 48.3 Å². The molecule has 0 aromatic heterocycles. The van der Waals surface area contributed by atoms with Crippen molar-refractivity contribution in [3.05, 3.63) is 0 Å². The number of rotatable bonds is 24. The minimum atomic E-state index is -1.45. The van der Waals surface area contributed by atoms with Crippen LogP contribution in [-0.2, 0) is 43.2 Å². The number of hydrogen-bond donors (Lipinski definition) is 12. The maximum absolute atomic E-state index is 12.7. The highest BCUT2D eigenvalue weighted by atomic mass is 16.3. The highest BCUT2D eigenvalue weighted by molar-refractivity contribution is 5.95. The van der Waals surface area contributed by atoms with Crippen LogP contribution in [0.5, 0.6) is 0 Å². The number of unbranched alkanes of at least 4 members (excludes halogenated alkanes) is 1. The Labute approximate surface area is 283 Å². The van der Waals surface area contributed by atoms with Crippen molar-refractivity contribution in [1.82, 2.24) is 42.5 Å². The average Bonchev–Trinajstić information content (AvgIpc) is 3.04. The molecule has 0 heterocycles. The fraction of sp³-hybridized carbons (Fsp3) is 0.679. The predicted molar refractivity (Wildman–Crippen MR) is 173 cm³/mol. The molecule has 0 bridgehead atoms. The first-order chi connectivity index (χ1) is 23.0. The van der Waals surface area contributed by atoms with Crippen LogP contribution in [0.2, 0.25) is 0 Å². The van der Waals surface area contributed by atoms with E-state index in [0.29, 0.717) is 25.8 Å². The standard InChI is InChI=1S/C28H51N11O10/c1-15(2)8-18(38-26(47)16(3)30)28(49)39-19(14-40)27(48)36-12-23(44)34-10-21(42)32-9-20(41)33-11-22(43)35-13-24(45)37-17(25(31)46)6-4-5-7-29/h15-19,40H,4-14,29-30H2,1-3H3,(H2,31,46)(H,32,42)(H,33,41)(H,34,44)(H,35,43)(H,36,48)(H,37,45)(H,38,47)(H,39,49)/t16-,17-,18-,19-/m0/s1. The summed E-state index contributed by atoms with van der Waals surface area (Å²) >= 11 is 0. The molecule has 0 fully saturated rings. The van der Waals surface area contributed by atoms with Crippen LogP contribution in [0.4, 0.5) is 0 Å². The van der Waals surface area contributed by atoms with Crippen LogP contribution in [-0.4, -0.2) is 128 Å². The third-order valence-corrected chi connectivity index (χ3v) is 6.40. The highest BCUT2D eigenvalue weighted by Crippen LogP contribution is 2.06. The fourth-order valence-corrected chi connectivity index (χ4v) is 3.75. The third-order valence-electron chi connectivity index (χ3n) is 6.40. The highest BCUT2D eigenvalue weighted by Gasteiger charge is 2.28. The maximum atomic E-state index is 12.7. The van der Waals surface area contributed by atoms with Gasteiger partial charge < -0.3 is 64.8 Å². The summed E-state index contributed by atoms with van der Waals surface area (Å²) in [6, 6.07) is -4.28. The zero-order valence-corrected chi connectivity index (χ0v) is 28.0. The van der Waals surface area contributed by atoms with Crippen molar-refractivity contribution in [3.8, 4) is 0 Å². The quantitative estimate of drug-likeness (QED) is 0.0418. The lowest BCUT2D eigenvalue weighted by Gasteiger charge is -2.24. The Balaban J connectivity index is 4.47. The summed E-state index contributed by atoms with van der Waals surface area (Å²) in [5.74, 6) is -6.72. The molecular formula is C28H51N11O10. The van der Waals surface area contributed by atoms with Gasteiger partial charge in [-0.15, -0.1) is 0 Å². The molecule has 15 N–H and O–H groups in total. The number of carbonyl (C=O) groups excluding carboxylic acids is 9. The Hall–Kier alpha value is -4.89. The zero-order valence-electron chi connectivity index (χ0n) is 28.0. The summed E-state index contributed by atoms with van der Waals surface area (Å²) < 4.78 is 0. The summed E-state index contributed by atoms with van der Waals surface area (Å²) in [4.78, 5) is 108. The zero-order chi connectivity index (χ0) is 37.5. The van der Waals surface area contributed by atoms with Gasteiger partial charge in [0.15, 0.2) is 0 Å². The fourth-order valence-electron chi connectivity index (χ4n) is 3.75. The van der Waals surface area contributed by atoms with Crippen LogP contribution in [0.1, 0.15) is 46.5 Å². The van der Waals surface area contributed by atoms with Crippen LogP contribution in [0, 0.1) is 5.92 Å². The van der Waals surface area contributed by atoms with Gasteiger partial charge in [-0.3, -0.25) is 43.2 Å². The largest absolute Gasteiger partial charge is 0.394 e. The summed E-state index contributed by atoms with van der Waals surface area (Å²) in [7, 11) is 0. The molecule has 21 heteroatoms. The topological polar surface area (TPSA) is 348 Å². The lowest BCUT2D eigenvalue weighted by molar-refractivity contribution is -0.134. The molecule has 4 atom stereocenters. The Kier molecular flexibility index (Phi) is 21.9. The van der Waals surface area contributed by atoms with E-state index in [1.807, 2.05) is 13.8 Å². The molecule has 0 saturated heterocycles. The van der Waals surface area contributed by atoms with Gasteiger partial charge in [0.1, 0.15) is 18.1 Å². The van der Waals surface area contributed by atoms with Crippen molar-refractivity contribution < 1.29 is 48.3 Å². The van der Waals surface area contributed by atoms with Crippen LogP contribution in [0.25, 0.3) is 0 Å². The molecule has 0 aromatic rings.